The van der Waals surface area contributed by atoms with E-state index < -0.39 is 23.6 Å². The first-order valence-corrected chi connectivity index (χ1v) is 5.50. The highest BCUT2D eigenvalue weighted by Crippen LogP contribution is 2.08. The maximum atomic E-state index is 12.9. The molecule has 0 aliphatic carbocycles. The number of benzene rings is 1. The molecule has 0 bridgehead atoms. The van der Waals surface area contributed by atoms with Gasteiger partial charge >= 0.3 is 0 Å². The number of nitrogens with two attached hydrogens (primary N) is 1. The molecular formula is C12H16F2N2O. The van der Waals surface area contributed by atoms with E-state index in [-0.39, 0.29) is 0 Å². The van der Waals surface area contributed by atoms with Gasteiger partial charge in [-0.15, -0.1) is 0 Å². The number of halogens is 2. The Kier molecular flexibility index (Phi) is 5.03. The first-order chi connectivity index (χ1) is 8.02. The van der Waals surface area contributed by atoms with Gasteiger partial charge in [-0.1, -0.05) is 6.92 Å². The van der Waals surface area contributed by atoms with Crippen LogP contribution in [0.1, 0.15) is 18.9 Å². The van der Waals surface area contributed by atoms with Crippen LogP contribution in [0.5, 0.6) is 0 Å². The molecule has 1 atom stereocenters. The maximum Gasteiger partial charge on any atom is 0.234 e. The van der Waals surface area contributed by atoms with Crippen molar-refractivity contribution in [3.05, 3.63) is 35.4 Å². The van der Waals surface area contributed by atoms with Gasteiger partial charge in [-0.25, -0.2) is 8.78 Å². The standard InChI is InChI=1S/C12H16F2N2O/c1-2-11(12(15)17)16-4-3-8-5-9(13)7-10(14)6-8/h5-7,11,16H,2-4H2,1H3,(H2,15,17). The average Bonchev–Trinajstić information content (AvgIpc) is 2.22. The molecule has 0 fully saturated rings. The first kappa shape index (κ1) is 13.6. The Hall–Kier alpha value is -1.49. The predicted octanol–water partition coefficient (Wildman–Crippen LogP) is 1.36. The molecule has 0 saturated heterocycles. The lowest BCUT2D eigenvalue weighted by Crippen LogP contribution is -2.41. The summed E-state index contributed by atoms with van der Waals surface area (Å²) in [5.74, 6) is -1.61. The summed E-state index contributed by atoms with van der Waals surface area (Å²) in [5, 5.41) is 2.94. The summed E-state index contributed by atoms with van der Waals surface area (Å²) < 4.78 is 25.7. The molecule has 0 aliphatic heterocycles. The van der Waals surface area contributed by atoms with Gasteiger partial charge in [0.05, 0.1) is 6.04 Å². The largest absolute Gasteiger partial charge is 0.368 e. The van der Waals surface area contributed by atoms with Gasteiger partial charge in [0.25, 0.3) is 0 Å². The Balaban J connectivity index is 2.47. The van der Waals surface area contributed by atoms with Crippen LogP contribution in [0.3, 0.4) is 0 Å². The summed E-state index contributed by atoms with van der Waals surface area (Å²) in [6.07, 6.45) is 1.03. The monoisotopic (exact) mass is 242 g/mol. The van der Waals surface area contributed by atoms with Crippen LogP contribution in [-0.2, 0) is 11.2 Å². The van der Waals surface area contributed by atoms with Crippen molar-refractivity contribution in [3.8, 4) is 0 Å². The zero-order valence-corrected chi connectivity index (χ0v) is 9.67. The normalized spacial score (nSPS) is 12.4. The molecule has 1 rings (SSSR count). The summed E-state index contributed by atoms with van der Waals surface area (Å²) in [6, 6.07) is 2.98. The zero-order valence-electron chi connectivity index (χ0n) is 9.67. The van der Waals surface area contributed by atoms with Gasteiger partial charge < -0.3 is 11.1 Å². The molecule has 0 saturated carbocycles. The van der Waals surface area contributed by atoms with Crippen molar-refractivity contribution >= 4 is 5.91 Å². The Bertz CT molecular complexity index is 376. The molecule has 5 heteroatoms. The molecule has 0 spiro atoms. The third-order valence-electron chi connectivity index (χ3n) is 2.48. The minimum atomic E-state index is -0.595. The van der Waals surface area contributed by atoms with Gasteiger partial charge in [0, 0.05) is 6.07 Å². The molecule has 1 unspecified atom stereocenters. The highest BCUT2D eigenvalue weighted by molar-refractivity contribution is 5.79. The molecule has 0 heterocycles. The smallest absolute Gasteiger partial charge is 0.234 e. The summed E-state index contributed by atoms with van der Waals surface area (Å²) in [5.41, 5.74) is 5.70. The second-order valence-electron chi connectivity index (χ2n) is 3.85. The van der Waals surface area contributed by atoms with E-state index >= 15 is 0 Å². The van der Waals surface area contributed by atoms with Crippen molar-refractivity contribution < 1.29 is 13.6 Å². The molecule has 17 heavy (non-hydrogen) atoms. The van der Waals surface area contributed by atoms with Gasteiger partial charge in [-0.2, -0.15) is 0 Å². The Labute approximate surface area is 99.0 Å². The molecule has 1 amide bonds. The number of carbonyl (C=O) groups is 1. The molecular weight excluding hydrogens is 226 g/mol. The number of hydrogen-bond donors (Lipinski definition) is 2. The van der Waals surface area contributed by atoms with Crippen LogP contribution in [0.25, 0.3) is 0 Å². The number of hydrogen-bond acceptors (Lipinski definition) is 2. The molecule has 0 aliphatic rings. The Morgan fingerprint density at radius 3 is 2.41 bits per heavy atom. The SMILES string of the molecule is CCC(NCCc1cc(F)cc(F)c1)C(N)=O. The van der Waals surface area contributed by atoms with Crippen LogP contribution in [0, 0.1) is 11.6 Å². The van der Waals surface area contributed by atoms with E-state index in [1.165, 1.54) is 12.1 Å². The second-order valence-corrected chi connectivity index (χ2v) is 3.85. The molecule has 0 radical (unpaired) electrons. The Morgan fingerprint density at radius 2 is 1.94 bits per heavy atom. The van der Waals surface area contributed by atoms with E-state index in [1.807, 2.05) is 6.92 Å². The van der Waals surface area contributed by atoms with Gasteiger partial charge in [0.2, 0.25) is 5.91 Å². The molecule has 94 valence electrons. The van der Waals surface area contributed by atoms with Crippen LogP contribution in [0.2, 0.25) is 0 Å². The number of rotatable bonds is 6. The lowest BCUT2D eigenvalue weighted by atomic mass is 10.1. The molecule has 3 N–H and O–H groups in total. The van der Waals surface area contributed by atoms with E-state index in [1.54, 1.807) is 0 Å². The lowest BCUT2D eigenvalue weighted by molar-refractivity contribution is -0.120. The highest BCUT2D eigenvalue weighted by atomic mass is 19.1. The summed E-state index contributed by atoms with van der Waals surface area (Å²) in [4.78, 5) is 10.9. The van der Waals surface area contributed by atoms with E-state index in [2.05, 4.69) is 5.32 Å². The van der Waals surface area contributed by atoms with Crippen LogP contribution in [-0.4, -0.2) is 18.5 Å². The fourth-order valence-corrected chi connectivity index (χ4v) is 1.59. The van der Waals surface area contributed by atoms with Crippen molar-refractivity contribution in [1.29, 1.82) is 0 Å². The fraction of sp³-hybridized carbons (Fsp3) is 0.417. The third kappa shape index (κ3) is 4.48. The Morgan fingerprint density at radius 1 is 1.35 bits per heavy atom. The maximum absolute atomic E-state index is 12.9. The zero-order chi connectivity index (χ0) is 12.8. The van der Waals surface area contributed by atoms with E-state index in [9.17, 15) is 13.6 Å². The van der Waals surface area contributed by atoms with Crippen molar-refractivity contribution in [1.82, 2.24) is 5.32 Å². The van der Waals surface area contributed by atoms with Crippen LogP contribution in [0.4, 0.5) is 8.78 Å². The van der Waals surface area contributed by atoms with Gasteiger partial charge in [-0.05, 0) is 37.1 Å². The van der Waals surface area contributed by atoms with Gasteiger partial charge in [-0.3, -0.25) is 4.79 Å². The van der Waals surface area contributed by atoms with Crippen molar-refractivity contribution in [2.24, 2.45) is 5.73 Å². The number of carbonyl (C=O) groups excluding carboxylic acids is 1. The van der Waals surface area contributed by atoms with E-state index in [4.69, 9.17) is 5.73 Å². The molecule has 0 aromatic heterocycles. The first-order valence-electron chi connectivity index (χ1n) is 5.50. The quantitative estimate of drug-likeness (QED) is 0.791. The van der Waals surface area contributed by atoms with E-state index in [0.717, 1.165) is 6.07 Å². The minimum Gasteiger partial charge on any atom is -0.368 e. The summed E-state index contributed by atoms with van der Waals surface area (Å²) >= 11 is 0. The number of amides is 1. The van der Waals surface area contributed by atoms with Gasteiger partial charge in [0.1, 0.15) is 11.6 Å². The average molecular weight is 242 g/mol. The number of primary amides is 1. The topological polar surface area (TPSA) is 55.1 Å². The van der Waals surface area contributed by atoms with Gasteiger partial charge in [0.15, 0.2) is 0 Å². The van der Waals surface area contributed by atoms with Crippen LogP contribution < -0.4 is 11.1 Å². The third-order valence-corrected chi connectivity index (χ3v) is 2.48. The summed E-state index contributed by atoms with van der Waals surface area (Å²) in [7, 11) is 0. The van der Waals surface area contributed by atoms with Crippen LogP contribution >= 0.6 is 0 Å². The minimum absolute atomic E-state index is 0.395. The molecule has 1 aromatic carbocycles. The lowest BCUT2D eigenvalue weighted by Gasteiger charge is -2.12. The second kappa shape index (κ2) is 6.30. The van der Waals surface area contributed by atoms with Crippen molar-refractivity contribution in [3.63, 3.8) is 0 Å². The highest BCUT2D eigenvalue weighted by Gasteiger charge is 2.11. The molecule has 1 aromatic rings. The summed E-state index contributed by atoms with van der Waals surface area (Å²) in [6.45, 7) is 2.29. The van der Waals surface area contributed by atoms with Crippen molar-refractivity contribution in [2.75, 3.05) is 6.54 Å². The molecule has 3 nitrogen and oxygen atoms in total. The van der Waals surface area contributed by atoms with Crippen LogP contribution in [0.15, 0.2) is 18.2 Å². The van der Waals surface area contributed by atoms with Crippen molar-refractivity contribution in [2.45, 2.75) is 25.8 Å². The predicted molar refractivity (Wildman–Crippen MR) is 61.3 cm³/mol. The fourth-order valence-electron chi connectivity index (χ4n) is 1.59. The number of nitrogens with one attached hydrogen (secondary N) is 1. The van der Waals surface area contributed by atoms with E-state index in [0.29, 0.717) is 24.9 Å².